The molecule has 0 saturated carbocycles. The Kier molecular flexibility index (Phi) is 65.9. The first kappa shape index (κ1) is 31.8. The van der Waals surface area contributed by atoms with Crippen LogP contribution in [0.15, 0.2) is 0 Å². The molecule has 7 heteroatoms. The molecule has 0 bridgehead atoms. The summed E-state index contributed by atoms with van der Waals surface area (Å²) in [6.07, 6.45) is 0.422. The zero-order valence-corrected chi connectivity index (χ0v) is 6.75. The Morgan fingerprint density at radius 2 is 1.45 bits per heavy atom. The molecular formula is C4H20N4O3. The van der Waals surface area contributed by atoms with E-state index < -0.39 is 5.97 Å². The van der Waals surface area contributed by atoms with Crippen LogP contribution in [0.1, 0.15) is 12.8 Å². The molecule has 0 aromatic rings. The zero-order chi connectivity index (χ0) is 5.70. The van der Waals surface area contributed by atoms with E-state index >= 15 is 0 Å². The van der Waals surface area contributed by atoms with Crippen molar-refractivity contribution in [1.29, 1.82) is 0 Å². The van der Waals surface area contributed by atoms with E-state index in [1.165, 1.54) is 0 Å². The number of carbonyl (C=O) groups is 1. The Hall–Kier alpha value is -0.730. The normalized spacial score (nSPS) is 5.55. The molecule has 0 radical (unpaired) electrons. The third-order valence-electron chi connectivity index (χ3n) is 0.549. The van der Waals surface area contributed by atoms with E-state index in [-0.39, 0.29) is 37.6 Å². The summed E-state index contributed by atoms with van der Waals surface area (Å²) in [5, 5.41) is 16.0. The van der Waals surface area contributed by atoms with E-state index in [0.29, 0.717) is 6.42 Å². The van der Waals surface area contributed by atoms with Crippen molar-refractivity contribution < 1.29 is 15.0 Å². The number of aliphatic carboxylic acids is 1. The minimum Gasteiger partial charge on any atom is -0.481 e. The van der Waals surface area contributed by atoms with Crippen LogP contribution in [0, 0.1) is 0 Å². The van der Waals surface area contributed by atoms with Crippen molar-refractivity contribution in [2.24, 2.45) is 0 Å². The molecule has 0 aliphatic heterocycles. The van der Waals surface area contributed by atoms with Gasteiger partial charge in [-0.2, -0.15) is 0 Å². The van der Waals surface area contributed by atoms with Crippen LogP contribution in [-0.2, 0) is 4.79 Å². The summed E-state index contributed by atoms with van der Waals surface area (Å²) in [5.74, 6) is -0.853. The van der Waals surface area contributed by atoms with E-state index in [1.54, 1.807) is 0 Å². The Morgan fingerprint density at radius 3 is 1.55 bits per heavy atom. The number of aliphatic hydroxyl groups is 1. The second kappa shape index (κ2) is 22.8. The molecule has 7 nitrogen and oxygen atoms in total. The van der Waals surface area contributed by atoms with Crippen molar-refractivity contribution in [3.8, 4) is 0 Å². The molecule has 0 aliphatic rings. The highest BCUT2D eigenvalue weighted by Gasteiger charge is 1.91. The lowest BCUT2D eigenvalue weighted by atomic mass is 10.3. The first-order valence-corrected chi connectivity index (χ1v) is 2.10. The van der Waals surface area contributed by atoms with E-state index in [4.69, 9.17) is 10.2 Å². The topological polar surface area (TPSA) is 198 Å². The van der Waals surface area contributed by atoms with Gasteiger partial charge in [-0.05, 0) is 6.42 Å². The summed E-state index contributed by atoms with van der Waals surface area (Å²) in [4.78, 5) is 9.65. The summed E-state index contributed by atoms with van der Waals surface area (Å²) in [5.41, 5.74) is 0. The van der Waals surface area contributed by atoms with Crippen LogP contribution in [0.2, 0.25) is 0 Å². The average Bonchev–Trinajstić information content (AvgIpc) is 1.61. The zero-order valence-electron chi connectivity index (χ0n) is 6.75. The quantitative estimate of drug-likeness (QED) is 0.355. The number of carboxylic acid groups (broad SMARTS) is 1. The molecule has 11 heavy (non-hydrogen) atoms. The van der Waals surface area contributed by atoms with E-state index in [1.807, 2.05) is 0 Å². The Morgan fingerprint density at radius 1 is 1.09 bits per heavy atom. The molecule has 0 heterocycles. The van der Waals surface area contributed by atoms with Gasteiger partial charge in [0, 0.05) is 13.0 Å². The molecule has 0 rings (SSSR count). The SMILES string of the molecule is N.N.N.N.O=C(O)CCCO. The minimum atomic E-state index is -0.853. The Bertz CT molecular complexity index is 70.4. The van der Waals surface area contributed by atoms with Gasteiger partial charge in [0.2, 0.25) is 0 Å². The third kappa shape index (κ3) is 45.8. The van der Waals surface area contributed by atoms with Gasteiger partial charge in [0.05, 0.1) is 0 Å². The van der Waals surface area contributed by atoms with Crippen molar-refractivity contribution in [2.45, 2.75) is 12.8 Å². The Labute approximate surface area is 66.1 Å². The molecule has 0 aromatic carbocycles. The maximum absolute atomic E-state index is 9.65. The molecule has 74 valence electrons. The van der Waals surface area contributed by atoms with Gasteiger partial charge in [-0.3, -0.25) is 4.79 Å². The highest BCUT2D eigenvalue weighted by Crippen LogP contribution is 1.83. The molecule has 0 amide bonds. The van der Waals surface area contributed by atoms with Gasteiger partial charge in [-0.1, -0.05) is 0 Å². The minimum absolute atomic E-state index is 0. The number of carboxylic acids is 1. The lowest BCUT2D eigenvalue weighted by Gasteiger charge is -1.85. The van der Waals surface area contributed by atoms with Crippen LogP contribution in [0.25, 0.3) is 0 Å². The molecule has 14 N–H and O–H groups in total. The smallest absolute Gasteiger partial charge is 0.303 e. The summed E-state index contributed by atoms with van der Waals surface area (Å²) in [6, 6.07) is 0. The van der Waals surface area contributed by atoms with Gasteiger partial charge in [0.15, 0.2) is 0 Å². The molecule has 0 spiro atoms. The summed E-state index contributed by atoms with van der Waals surface area (Å²) >= 11 is 0. The summed E-state index contributed by atoms with van der Waals surface area (Å²) in [7, 11) is 0. The van der Waals surface area contributed by atoms with Crippen LogP contribution in [-0.4, -0.2) is 22.8 Å². The third-order valence-corrected chi connectivity index (χ3v) is 0.549. The van der Waals surface area contributed by atoms with Gasteiger partial charge >= 0.3 is 5.97 Å². The van der Waals surface area contributed by atoms with Gasteiger partial charge in [0.25, 0.3) is 0 Å². The van der Waals surface area contributed by atoms with Crippen LogP contribution in [0.4, 0.5) is 0 Å². The van der Waals surface area contributed by atoms with Crippen LogP contribution < -0.4 is 24.6 Å². The molecule has 0 atom stereocenters. The average molecular weight is 172 g/mol. The molecule has 0 fully saturated rings. The van der Waals surface area contributed by atoms with E-state index in [0.717, 1.165) is 0 Å². The molecule has 0 aromatic heterocycles. The van der Waals surface area contributed by atoms with E-state index in [9.17, 15) is 4.79 Å². The second-order valence-corrected chi connectivity index (χ2v) is 1.22. The molecular weight excluding hydrogens is 152 g/mol. The fourth-order valence-electron chi connectivity index (χ4n) is 0.230. The Balaban J connectivity index is -0.0000000300. The van der Waals surface area contributed by atoms with Crippen LogP contribution in [0.5, 0.6) is 0 Å². The maximum Gasteiger partial charge on any atom is 0.303 e. The number of hydrogen-bond donors (Lipinski definition) is 6. The molecule has 0 saturated heterocycles. The van der Waals surface area contributed by atoms with E-state index in [2.05, 4.69) is 0 Å². The first-order valence-electron chi connectivity index (χ1n) is 2.10. The number of hydrogen-bond acceptors (Lipinski definition) is 6. The predicted octanol–water partition coefficient (Wildman–Crippen LogP) is 0.491. The van der Waals surface area contributed by atoms with Crippen LogP contribution in [0.3, 0.4) is 0 Å². The maximum atomic E-state index is 9.65. The largest absolute Gasteiger partial charge is 0.481 e. The standard InChI is InChI=1S/C4H8O3.4H3N/c5-3-1-2-4(6)7;;;;/h5H,1-3H2,(H,6,7);4*1H3. The van der Waals surface area contributed by atoms with Crippen molar-refractivity contribution in [3.63, 3.8) is 0 Å². The molecule has 0 aliphatic carbocycles. The highest BCUT2D eigenvalue weighted by molar-refractivity contribution is 5.66. The predicted molar refractivity (Wildman–Crippen MR) is 44.0 cm³/mol. The monoisotopic (exact) mass is 172 g/mol. The van der Waals surface area contributed by atoms with Crippen LogP contribution >= 0.6 is 0 Å². The number of rotatable bonds is 3. The van der Waals surface area contributed by atoms with Crippen molar-refractivity contribution in [1.82, 2.24) is 24.6 Å². The van der Waals surface area contributed by atoms with Crippen molar-refractivity contribution in [3.05, 3.63) is 0 Å². The highest BCUT2D eigenvalue weighted by atomic mass is 16.4. The number of aliphatic hydroxyl groups excluding tert-OH is 1. The first-order chi connectivity index (χ1) is 3.27. The van der Waals surface area contributed by atoms with Crippen molar-refractivity contribution in [2.75, 3.05) is 6.61 Å². The van der Waals surface area contributed by atoms with Gasteiger partial charge in [0.1, 0.15) is 0 Å². The second-order valence-electron chi connectivity index (χ2n) is 1.22. The lowest BCUT2D eigenvalue weighted by molar-refractivity contribution is -0.137. The van der Waals surface area contributed by atoms with Gasteiger partial charge < -0.3 is 34.8 Å². The fourth-order valence-corrected chi connectivity index (χ4v) is 0.230. The van der Waals surface area contributed by atoms with Gasteiger partial charge in [-0.25, -0.2) is 0 Å². The lowest BCUT2D eigenvalue weighted by Crippen LogP contribution is -1.95. The fraction of sp³-hybridized carbons (Fsp3) is 0.750. The van der Waals surface area contributed by atoms with Crippen molar-refractivity contribution >= 4 is 5.97 Å². The summed E-state index contributed by atoms with van der Waals surface area (Å²) < 4.78 is 0. The summed E-state index contributed by atoms with van der Waals surface area (Å²) in [6.45, 7) is -0.0354. The van der Waals surface area contributed by atoms with Gasteiger partial charge in [-0.15, -0.1) is 0 Å². The molecule has 0 unspecified atom stereocenters.